The summed E-state index contributed by atoms with van der Waals surface area (Å²) in [5, 5.41) is 12.9. The molecule has 0 saturated carbocycles. The van der Waals surface area contributed by atoms with Crippen molar-refractivity contribution in [2.75, 3.05) is 13.6 Å². The lowest BCUT2D eigenvalue weighted by atomic mass is 9.86. The van der Waals surface area contributed by atoms with Crippen LogP contribution in [0, 0.1) is 5.92 Å². The number of nitrogens with zero attached hydrogens (tertiary/aromatic N) is 3. The maximum atomic E-state index is 12.5. The molecule has 2 N–H and O–H groups in total. The van der Waals surface area contributed by atoms with E-state index in [4.69, 9.17) is 0 Å². The predicted molar refractivity (Wildman–Crippen MR) is 77.2 cm³/mol. The number of likely N-dealkylation sites (tertiary alicyclic amines) is 1. The van der Waals surface area contributed by atoms with Crippen LogP contribution in [0.2, 0.25) is 0 Å². The molecule has 3 rings (SSSR count). The lowest BCUT2D eigenvalue weighted by Gasteiger charge is -2.16. The quantitative estimate of drug-likeness (QED) is 0.508. The van der Waals surface area contributed by atoms with Crippen LogP contribution < -0.4 is 0 Å². The number of imidazole rings is 1. The molecule has 108 valence electrons. The molecule has 6 heteroatoms. The highest BCUT2D eigenvalue weighted by atomic mass is 16.4. The zero-order valence-electron chi connectivity index (χ0n) is 11.6. The molecule has 1 fully saturated rings. The van der Waals surface area contributed by atoms with Crippen LogP contribution in [0.5, 0.6) is 0 Å². The number of aromatic nitrogens is 2. The number of oxime groups is 1. The summed E-state index contributed by atoms with van der Waals surface area (Å²) in [4.78, 5) is 21.4. The minimum Gasteiger partial charge on any atom is -0.411 e. The first kappa shape index (κ1) is 13.4. The molecule has 0 bridgehead atoms. The summed E-state index contributed by atoms with van der Waals surface area (Å²) in [6.07, 6.45) is 3.39. The van der Waals surface area contributed by atoms with E-state index >= 15 is 0 Å². The lowest BCUT2D eigenvalue weighted by molar-refractivity contribution is -0.128. The topological polar surface area (TPSA) is 81.6 Å². The van der Waals surface area contributed by atoms with Crippen molar-refractivity contribution in [3.8, 4) is 0 Å². The number of carbonyl (C=O) groups excluding carboxylic acids is 1. The minimum atomic E-state index is -0.534. The Kier molecular flexibility index (Phi) is 3.43. The van der Waals surface area contributed by atoms with Crippen LogP contribution in [0.4, 0.5) is 0 Å². The van der Waals surface area contributed by atoms with E-state index in [1.807, 2.05) is 30.3 Å². The number of carbonyl (C=O) groups is 1. The van der Waals surface area contributed by atoms with E-state index in [-0.39, 0.29) is 11.8 Å². The molecule has 2 atom stereocenters. The zero-order chi connectivity index (χ0) is 14.8. The van der Waals surface area contributed by atoms with Crippen molar-refractivity contribution in [1.82, 2.24) is 14.9 Å². The number of benzene rings is 1. The second kappa shape index (κ2) is 5.40. The number of rotatable bonds is 3. The van der Waals surface area contributed by atoms with E-state index in [9.17, 15) is 10.0 Å². The third kappa shape index (κ3) is 2.29. The lowest BCUT2D eigenvalue weighted by Crippen LogP contribution is -2.29. The van der Waals surface area contributed by atoms with Crippen LogP contribution in [0.25, 0.3) is 0 Å². The summed E-state index contributed by atoms with van der Waals surface area (Å²) < 4.78 is 0. The first-order valence-electron chi connectivity index (χ1n) is 6.74. The van der Waals surface area contributed by atoms with Gasteiger partial charge in [-0.15, -0.1) is 0 Å². The van der Waals surface area contributed by atoms with Crippen LogP contribution in [0.1, 0.15) is 17.3 Å². The molecule has 2 aromatic rings. The first-order chi connectivity index (χ1) is 10.2. The van der Waals surface area contributed by atoms with Crippen LogP contribution in [-0.2, 0) is 4.79 Å². The summed E-state index contributed by atoms with van der Waals surface area (Å²) in [6, 6.07) is 9.25. The highest BCUT2D eigenvalue weighted by Crippen LogP contribution is 2.33. The number of hydrogen-bond donors (Lipinski definition) is 2. The minimum absolute atomic E-state index is 0.0620. The molecule has 0 spiro atoms. The van der Waals surface area contributed by atoms with E-state index in [0.717, 1.165) is 11.4 Å². The monoisotopic (exact) mass is 284 g/mol. The Morgan fingerprint density at radius 2 is 2.19 bits per heavy atom. The molecule has 21 heavy (non-hydrogen) atoms. The molecule has 1 saturated heterocycles. The summed E-state index contributed by atoms with van der Waals surface area (Å²) in [6.45, 7) is 0.545. The van der Waals surface area contributed by atoms with Gasteiger partial charge >= 0.3 is 0 Å². The Hall–Kier alpha value is -2.63. The van der Waals surface area contributed by atoms with Crippen LogP contribution in [0.3, 0.4) is 0 Å². The number of amides is 1. The molecule has 6 nitrogen and oxygen atoms in total. The number of H-pyrrole nitrogens is 1. The van der Waals surface area contributed by atoms with Crippen molar-refractivity contribution in [3.63, 3.8) is 0 Å². The van der Waals surface area contributed by atoms with E-state index in [1.54, 1.807) is 24.3 Å². The zero-order valence-corrected chi connectivity index (χ0v) is 11.6. The van der Waals surface area contributed by atoms with E-state index in [1.165, 1.54) is 0 Å². The van der Waals surface area contributed by atoms with Gasteiger partial charge in [-0.05, 0) is 0 Å². The summed E-state index contributed by atoms with van der Waals surface area (Å²) in [5.74, 6) is -0.0139. The average Bonchev–Trinajstić information content (AvgIpc) is 3.13. The van der Waals surface area contributed by atoms with E-state index in [0.29, 0.717) is 12.3 Å². The molecule has 0 aliphatic carbocycles. The van der Waals surface area contributed by atoms with Gasteiger partial charge < -0.3 is 15.1 Å². The van der Waals surface area contributed by atoms with Gasteiger partial charge in [0.2, 0.25) is 5.91 Å². The molecule has 0 radical (unpaired) electrons. The molecule has 1 aromatic heterocycles. The molecule has 1 aromatic carbocycles. The predicted octanol–water partition coefficient (Wildman–Crippen LogP) is 1.46. The van der Waals surface area contributed by atoms with Crippen LogP contribution >= 0.6 is 0 Å². The smallest absolute Gasteiger partial charge is 0.232 e. The largest absolute Gasteiger partial charge is 0.411 e. The number of hydrogen-bond acceptors (Lipinski definition) is 4. The Morgan fingerprint density at radius 1 is 1.43 bits per heavy atom. The fraction of sp³-hybridized carbons (Fsp3) is 0.267. The van der Waals surface area contributed by atoms with Crippen molar-refractivity contribution in [1.29, 1.82) is 0 Å². The normalized spacial score (nSPS) is 22.8. The van der Waals surface area contributed by atoms with Crippen LogP contribution in [-0.4, -0.2) is 45.3 Å². The molecular formula is C15H16N4O2. The SMILES string of the molecule is CN1C[C@H](c2ncc[nH]2)[C@H](/C(=N/O)c2ccccc2)C1=O. The Balaban J connectivity index is 2.02. The van der Waals surface area contributed by atoms with Gasteiger partial charge in [0.25, 0.3) is 0 Å². The van der Waals surface area contributed by atoms with Crippen molar-refractivity contribution in [3.05, 3.63) is 54.1 Å². The second-order valence-electron chi connectivity index (χ2n) is 5.13. The number of likely N-dealkylation sites (N-methyl/N-ethyl adjacent to an activating group) is 1. The van der Waals surface area contributed by atoms with Gasteiger partial charge in [0.05, 0.1) is 17.5 Å². The maximum Gasteiger partial charge on any atom is 0.232 e. The standard InChI is InChI=1S/C15H16N4O2/c1-19-9-11(14-16-7-8-17-14)12(15(19)20)13(18-21)10-5-3-2-4-6-10/h2-8,11-12,21H,9H2,1H3,(H,16,17)/b18-13+/t11-,12+/m0/s1. The van der Waals surface area contributed by atoms with Crippen molar-refractivity contribution < 1.29 is 10.0 Å². The van der Waals surface area contributed by atoms with E-state index < -0.39 is 5.92 Å². The van der Waals surface area contributed by atoms with Gasteiger partial charge in [0.1, 0.15) is 5.82 Å². The van der Waals surface area contributed by atoms with Gasteiger partial charge in [-0.3, -0.25) is 4.79 Å². The number of nitrogens with one attached hydrogen (secondary N) is 1. The van der Waals surface area contributed by atoms with Gasteiger partial charge in [-0.2, -0.15) is 0 Å². The van der Waals surface area contributed by atoms with Gasteiger partial charge in [-0.1, -0.05) is 35.5 Å². The fourth-order valence-corrected chi connectivity index (χ4v) is 2.84. The highest BCUT2D eigenvalue weighted by Gasteiger charge is 2.44. The molecule has 1 aliphatic rings. The Morgan fingerprint density at radius 3 is 2.81 bits per heavy atom. The Bertz CT molecular complexity index is 652. The van der Waals surface area contributed by atoms with Gasteiger partial charge in [0.15, 0.2) is 0 Å². The molecule has 2 heterocycles. The van der Waals surface area contributed by atoms with Crippen LogP contribution in [0.15, 0.2) is 47.9 Å². The second-order valence-corrected chi connectivity index (χ2v) is 5.13. The molecule has 0 unspecified atom stereocenters. The molecule has 1 aliphatic heterocycles. The summed E-state index contributed by atoms with van der Waals surface area (Å²) in [7, 11) is 1.75. The fourth-order valence-electron chi connectivity index (χ4n) is 2.84. The number of aromatic amines is 1. The maximum absolute atomic E-state index is 12.5. The third-order valence-electron chi connectivity index (χ3n) is 3.86. The van der Waals surface area contributed by atoms with Gasteiger partial charge in [0, 0.05) is 31.5 Å². The highest BCUT2D eigenvalue weighted by molar-refractivity contribution is 6.14. The Labute approximate surface area is 122 Å². The summed E-state index contributed by atoms with van der Waals surface area (Å²) in [5.41, 5.74) is 1.12. The van der Waals surface area contributed by atoms with Crippen molar-refractivity contribution >= 4 is 11.6 Å². The van der Waals surface area contributed by atoms with Gasteiger partial charge in [-0.25, -0.2) is 4.98 Å². The first-order valence-corrected chi connectivity index (χ1v) is 6.74. The molecular weight excluding hydrogens is 268 g/mol. The van der Waals surface area contributed by atoms with E-state index in [2.05, 4.69) is 15.1 Å². The molecule has 1 amide bonds. The average molecular weight is 284 g/mol. The summed E-state index contributed by atoms with van der Waals surface area (Å²) >= 11 is 0. The van der Waals surface area contributed by atoms with Crippen molar-refractivity contribution in [2.24, 2.45) is 11.1 Å². The third-order valence-corrected chi connectivity index (χ3v) is 3.86. The van der Waals surface area contributed by atoms with Crippen molar-refractivity contribution in [2.45, 2.75) is 5.92 Å².